The van der Waals surface area contributed by atoms with E-state index in [0.29, 0.717) is 17.4 Å². The van der Waals surface area contributed by atoms with Gasteiger partial charge in [0.1, 0.15) is 19.8 Å². The molecular weight excluding hydrogens is 1060 g/mol. The lowest BCUT2D eigenvalue weighted by Crippen LogP contribution is -2.37. The number of ether oxygens (including phenoxy) is 2. The third-order valence-electron chi connectivity index (χ3n) is 14.5. The average Bonchev–Trinajstić information content (AvgIpc) is 3.61. The Morgan fingerprint density at radius 3 is 1.01 bits per heavy atom. The summed E-state index contributed by atoms with van der Waals surface area (Å²) in [6.45, 7) is 4.12. The molecule has 0 saturated heterocycles. The zero-order chi connectivity index (χ0) is 61.2. The number of likely N-dealkylation sites (N-methyl/N-ethyl adjacent to an activating group) is 1. The molecule has 0 aliphatic heterocycles. The summed E-state index contributed by atoms with van der Waals surface area (Å²) in [5.74, 6) is -0.860. The van der Waals surface area contributed by atoms with Gasteiger partial charge in [-0.1, -0.05) is 302 Å². The molecule has 9 nitrogen and oxygen atoms in total. The highest BCUT2D eigenvalue weighted by Crippen LogP contribution is 2.38. The van der Waals surface area contributed by atoms with Crippen LogP contribution in [0.1, 0.15) is 284 Å². The molecule has 0 N–H and O–H groups in total. The Hall–Kier alpha value is -3.59. The van der Waals surface area contributed by atoms with E-state index in [0.717, 1.165) is 109 Å². The first-order valence-electron chi connectivity index (χ1n) is 34.2. The molecule has 0 saturated carbocycles. The number of phosphoric ester groups is 1. The average molecular weight is 1190 g/mol. The van der Waals surface area contributed by atoms with Crippen LogP contribution in [0, 0.1) is 0 Å². The van der Waals surface area contributed by atoms with E-state index >= 15 is 0 Å². The molecule has 0 amide bonds. The molecule has 0 aliphatic rings. The predicted molar refractivity (Wildman–Crippen MR) is 360 cm³/mol. The zero-order valence-corrected chi connectivity index (χ0v) is 55.7. The van der Waals surface area contributed by atoms with Gasteiger partial charge in [0.15, 0.2) is 6.10 Å². The van der Waals surface area contributed by atoms with Gasteiger partial charge in [-0.3, -0.25) is 14.2 Å². The van der Waals surface area contributed by atoms with Crippen LogP contribution in [0.15, 0.2) is 122 Å². The van der Waals surface area contributed by atoms with Crippen LogP contribution in [0.4, 0.5) is 0 Å². The summed E-state index contributed by atoms with van der Waals surface area (Å²) in [6, 6.07) is 0. The molecule has 84 heavy (non-hydrogen) atoms. The molecule has 2 unspecified atom stereocenters. The zero-order valence-electron chi connectivity index (χ0n) is 54.8. The van der Waals surface area contributed by atoms with E-state index < -0.39 is 26.5 Å². The molecular formula is C74H128NO8P. The molecule has 0 rings (SSSR count). The summed E-state index contributed by atoms with van der Waals surface area (Å²) >= 11 is 0. The van der Waals surface area contributed by atoms with E-state index in [2.05, 4.69) is 135 Å². The third-order valence-corrected chi connectivity index (χ3v) is 15.5. The fourth-order valence-electron chi connectivity index (χ4n) is 9.27. The van der Waals surface area contributed by atoms with Gasteiger partial charge in [-0.25, -0.2) is 0 Å². The van der Waals surface area contributed by atoms with Gasteiger partial charge in [0, 0.05) is 12.8 Å². The largest absolute Gasteiger partial charge is 0.756 e. The van der Waals surface area contributed by atoms with Crippen LogP contribution in [-0.4, -0.2) is 70.0 Å². The van der Waals surface area contributed by atoms with E-state index in [-0.39, 0.29) is 32.0 Å². The van der Waals surface area contributed by atoms with Crippen LogP contribution in [-0.2, 0) is 32.7 Å². The number of hydrogen-bond acceptors (Lipinski definition) is 8. The highest BCUT2D eigenvalue weighted by atomic mass is 31.2. The molecule has 0 bridgehead atoms. The predicted octanol–water partition coefficient (Wildman–Crippen LogP) is 21.6. The maximum atomic E-state index is 12.8. The first-order valence-corrected chi connectivity index (χ1v) is 35.7. The first kappa shape index (κ1) is 80.4. The number of allylic oxidation sites excluding steroid dienone is 20. The van der Waals surface area contributed by atoms with Gasteiger partial charge < -0.3 is 27.9 Å². The number of esters is 2. The van der Waals surface area contributed by atoms with E-state index in [4.69, 9.17) is 18.5 Å². The summed E-state index contributed by atoms with van der Waals surface area (Å²) in [5.41, 5.74) is 0. The smallest absolute Gasteiger partial charge is 0.306 e. The van der Waals surface area contributed by atoms with E-state index in [1.165, 1.54) is 141 Å². The fourth-order valence-corrected chi connectivity index (χ4v) is 10.0. The SMILES string of the molecule is CC/C=C\C/C=C\C/C=C\C/C=C\C/C=C\C/C=C\C/C=C\C/C=C\C/C=C\C/C=C\CCCCCCC(=O)OC(COC(=O)CCCCCCCCCCCCCCCCCCCCCCCCCCC)COP(=O)([O-])OCC[N+](C)(C)C. The first-order chi connectivity index (χ1) is 41.0. The van der Waals surface area contributed by atoms with E-state index in [1.54, 1.807) is 0 Å². The minimum atomic E-state index is -4.66. The molecule has 0 aromatic carbocycles. The van der Waals surface area contributed by atoms with E-state index in [9.17, 15) is 19.0 Å². The lowest BCUT2D eigenvalue weighted by molar-refractivity contribution is -0.870. The van der Waals surface area contributed by atoms with Crippen molar-refractivity contribution < 1.29 is 42.1 Å². The molecule has 0 heterocycles. The summed E-state index contributed by atoms with van der Waals surface area (Å²) in [4.78, 5) is 38.0. The second-order valence-corrected chi connectivity index (χ2v) is 25.2. The van der Waals surface area contributed by atoms with Crippen molar-refractivity contribution in [3.63, 3.8) is 0 Å². The standard InChI is InChI=1S/C74H128NO8P/c1-6-8-10-12-14-16-18-20-22-24-26-28-30-32-33-34-35-36-37-38-39-40-41-43-45-47-49-51-53-55-57-59-61-63-65-67-74(77)83-72(71-82-84(78,79)81-69-68-75(3,4)5)70-80-73(76)66-64-62-60-58-56-54-52-50-48-46-44-42-31-29-27-25-23-21-19-17-15-13-11-9-7-2/h8,10,14,16,20,22,26,28,32-33,35-36,38-39,41,43,47,49,53,55,72H,6-7,9,11-13,15,17-19,21,23-25,27,29-31,34,37,40,42,44-46,48,50-52,54,56-71H2,1-5H3/b10-8-,16-14-,22-20-,28-26-,33-32-,36-35-,39-38-,43-41-,49-47-,55-53-. The number of hydrogen-bond donors (Lipinski definition) is 0. The lowest BCUT2D eigenvalue weighted by Gasteiger charge is -2.28. The number of quaternary nitrogens is 1. The normalized spacial score (nSPS) is 13.9. The molecule has 0 fully saturated rings. The Morgan fingerprint density at radius 2 is 0.679 bits per heavy atom. The van der Waals surface area contributed by atoms with E-state index in [1.807, 2.05) is 21.1 Å². The summed E-state index contributed by atoms with van der Waals surface area (Å²) in [5, 5.41) is 0. The number of unbranched alkanes of at least 4 members (excludes halogenated alkanes) is 28. The molecule has 0 aliphatic carbocycles. The van der Waals surface area contributed by atoms with Crippen molar-refractivity contribution in [2.24, 2.45) is 0 Å². The monoisotopic (exact) mass is 1190 g/mol. The Kier molecular flexibility index (Phi) is 61.2. The topological polar surface area (TPSA) is 111 Å². The second-order valence-electron chi connectivity index (χ2n) is 23.8. The van der Waals surface area contributed by atoms with Gasteiger partial charge >= 0.3 is 11.9 Å². The van der Waals surface area contributed by atoms with Crippen molar-refractivity contribution in [1.29, 1.82) is 0 Å². The van der Waals surface area contributed by atoms with Crippen LogP contribution in [0.5, 0.6) is 0 Å². The fraction of sp³-hybridized carbons (Fsp3) is 0.703. The van der Waals surface area contributed by atoms with Gasteiger partial charge in [-0.2, -0.15) is 0 Å². The Morgan fingerprint density at radius 1 is 0.381 bits per heavy atom. The number of nitrogens with zero attached hydrogens (tertiary/aromatic N) is 1. The molecule has 10 heteroatoms. The molecule has 0 spiro atoms. The lowest BCUT2D eigenvalue weighted by atomic mass is 10.0. The molecule has 0 aromatic rings. The highest BCUT2D eigenvalue weighted by Gasteiger charge is 2.22. The Labute approximate surface area is 518 Å². The molecule has 0 aromatic heterocycles. The Balaban J connectivity index is 4.17. The molecule has 0 radical (unpaired) electrons. The number of rotatable bonds is 62. The number of carbonyl (C=O) groups excluding carboxylic acids is 2. The molecule has 482 valence electrons. The number of carbonyl (C=O) groups is 2. The second kappa shape index (κ2) is 63.9. The maximum Gasteiger partial charge on any atom is 0.306 e. The van der Waals surface area contributed by atoms with Gasteiger partial charge in [0.2, 0.25) is 0 Å². The minimum absolute atomic E-state index is 0.0409. The van der Waals surface area contributed by atoms with Crippen LogP contribution >= 0.6 is 7.82 Å². The maximum absolute atomic E-state index is 12.8. The van der Waals surface area contributed by atoms with Crippen molar-refractivity contribution in [2.75, 3.05) is 47.5 Å². The van der Waals surface area contributed by atoms with Crippen LogP contribution in [0.25, 0.3) is 0 Å². The van der Waals surface area contributed by atoms with Gasteiger partial charge in [0.05, 0.1) is 27.7 Å². The van der Waals surface area contributed by atoms with Crippen molar-refractivity contribution in [2.45, 2.75) is 290 Å². The quantitative estimate of drug-likeness (QED) is 0.0195. The van der Waals surface area contributed by atoms with Crippen LogP contribution in [0.3, 0.4) is 0 Å². The summed E-state index contributed by atoms with van der Waals surface area (Å²) in [7, 11) is 1.14. The third kappa shape index (κ3) is 67.5. The van der Waals surface area contributed by atoms with Gasteiger partial charge in [-0.05, 0) is 89.9 Å². The van der Waals surface area contributed by atoms with Gasteiger partial charge in [0.25, 0.3) is 7.82 Å². The number of phosphoric acid groups is 1. The van der Waals surface area contributed by atoms with Crippen LogP contribution < -0.4 is 4.89 Å². The van der Waals surface area contributed by atoms with Crippen molar-refractivity contribution in [1.82, 2.24) is 0 Å². The molecule has 2 atom stereocenters. The van der Waals surface area contributed by atoms with Crippen molar-refractivity contribution in [3.05, 3.63) is 122 Å². The Bertz CT molecular complexity index is 1830. The van der Waals surface area contributed by atoms with Crippen LogP contribution in [0.2, 0.25) is 0 Å². The minimum Gasteiger partial charge on any atom is -0.756 e. The van der Waals surface area contributed by atoms with Crippen molar-refractivity contribution in [3.8, 4) is 0 Å². The van der Waals surface area contributed by atoms with Crippen molar-refractivity contribution >= 4 is 19.8 Å². The van der Waals surface area contributed by atoms with Gasteiger partial charge in [-0.15, -0.1) is 0 Å². The highest BCUT2D eigenvalue weighted by molar-refractivity contribution is 7.45. The summed E-state index contributed by atoms with van der Waals surface area (Å²) in [6.07, 6.45) is 91.3. The summed E-state index contributed by atoms with van der Waals surface area (Å²) < 4.78 is 34.3.